The van der Waals surface area contributed by atoms with Crippen molar-refractivity contribution in [3.8, 4) is 23.0 Å². The van der Waals surface area contributed by atoms with E-state index in [1.807, 2.05) is 0 Å². The summed E-state index contributed by atoms with van der Waals surface area (Å²) in [6.07, 6.45) is 2.90. The number of esters is 1. The second-order valence-electron chi connectivity index (χ2n) is 6.31. The summed E-state index contributed by atoms with van der Waals surface area (Å²) in [4.78, 5) is 36.7. The molecule has 0 saturated heterocycles. The van der Waals surface area contributed by atoms with Crippen LogP contribution in [0.15, 0.2) is 48.8 Å². The molecule has 0 spiro atoms. The van der Waals surface area contributed by atoms with Crippen molar-refractivity contribution in [2.45, 2.75) is 6.92 Å². The number of ether oxygens (including phenoxy) is 3. The van der Waals surface area contributed by atoms with Crippen LogP contribution in [0.1, 0.15) is 17.4 Å². The van der Waals surface area contributed by atoms with Gasteiger partial charge in [-0.1, -0.05) is 22.9 Å². The van der Waals surface area contributed by atoms with Crippen LogP contribution in [0.5, 0.6) is 23.0 Å². The molecule has 3 aromatic heterocycles. The number of carbonyl (C=O) groups excluding carboxylic acids is 2. The average Bonchev–Trinajstić information content (AvgIpc) is 3.16. The van der Waals surface area contributed by atoms with Crippen LogP contribution >= 0.6 is 22.9 Å². The Bertz CT molecular complexity index is 1310. The molecule has 32 heavy (non-hydrogen) atoms. The number of carbonyl (C=O) groups is 2. The molecule has 0 aliphatic heterocycles. The Morgan fingerprint density at radius 1 is 1.09 bits per heavy atom. The third kappa shape index (κ3) is 4.76. The summed E-state index contributed by atoms with van der Waals surface area (Å²) in [5.41, 5.74) is 0.573. The van der Waals surface area contributed by atoms with Crippen LogP contribution in [0.2, 0.25) is 5.15 Å². The van der Waals surface area contributed by atoms with Crippen LogP contribution in [0, 0.1) is 0 Å². The SMILES string of the molecule is COc1ccnc(C(=O)Nc2nc3ccc(Oc4ccc(Cl)nc4)cc3s2)c1OC(C)=O. The van der Waals surface area contributed by atoms with Gasteiger partial charge in [0.05, 0.1) is 23.5 Å². The van der Waals surface area contributed by atoms with Crippen LogP contribution in [-0.4, -0.2) is 33.9 Å². The molecule has 4 rings (SSSR count). The minimum atomic E-state index is -0.603. The Labute approximate surface area is 191 Å². The topological polar surface area (TPSA) is 113 Å². The van der Waals surface area contributed by atoms with Gasteiger partial charge in [-0.25, -0.2) is 15.0 Å². The van der Waals surface area contributed by atoms with Crippen molar-refractivity contribution in [1.82, 2.24) is 15.0 Å². The lowest BCUT2D eigenvalue weighted by Crippen LogP contribution is -2.17. The molecule has 0 bridgehead atoms. The quantitative estimate of drug-likeness (QED) is 0.318. The van der Waals surface area contributed by atoms with Gasteiger partial charge in [0, 0.05) is 25.3 Å². The van der Waals surface area contributed by atoms with Gasteiger partial charge in [0.15, 0.2) is 16.6 Å². The molecular weight excluding hydrogens is 456 g/mol. The highest BCUT2D eigenvalue weighted by Crippen LogP contribution is 2.33. The molecule has 11 heteroatoms. The van der Waals surface area contributed by atoms with Gasteiger partial charge in [0.1, 0.15) is 16.7 Å². The van der Waals surface area contributed by atoms with E-state index in [1.165, 1.54) is 43.8 Å². The number of hydrogen-bond acceptors (Lipinski definition) is 9. The van der Waals surface area contributed by atoms with Gasteiger partial charge < -0.3 is 14.2 Å². The van der Waals surface area contributed by atoms with E-state index in [-0.39, 0.29) is 17.2 Å². The number of benzene rings is 1. The molecule has 1 amide bonds. The van der Waals surface area contributed by atoms with Gasteiger partial charge in [-0.2, -0.15) is 0 Å². The van der Waals surface area contributed by atoms with Crippen molar-refractivity contribution in [2.75, 3.05) is 12.4 Å². The number of nitrogens with one attached hydrogen (secondary N) is 1. The fraction of sp³-hybridized carbons (Fsp3) is 0.0952. The largest absolute Gasteiger partial charge is 0.493 e. The third-order valence-corrected chi connectivity index (χ3v) is 5.22. The highest BCUT2D eigenvalue weighted by atomic mass is 35.5. The normalized spacial score (nSPS) is 10.6. The molecule has 0 aliphatic rings. The van der Waals surface area contributed by atoms with Crippen LogP contribution < -0.4 is 19.5 Å². The van der Waals surface area contributed by atoms with Crippen molar-refractivity contribution >= 4 is 50.2 Å². The van der Waals surface area contributed by atoms with E-state index in [4.69, 9.17) is 25.8 Å². The first-order valence-electron chi connectivity index (χ1n) is 9.15. The molecule has 0 fully saturated rings. The van der Waals surface area contributed by atoms with Crippen LogP contribution in [0.4, 0.5) is 5.13 Å². The number of amides is 1. The van der Waals surface area contributed by atoms with Crippen LogP contribution in [-0.2, 0) is 4.79 Å². The lowest BCUT2D eigenvalue weighted by Gasteiger charge is -2.11. The number of thiazole rings is 1. The van der Waals surface area contributed by atoms with Gasteiger partial charge >= 0.3 is 5.97 Å². The summed E-state index contributed by atoms with van der Waals surface area (Å²) in [5, 5.41) is 3.40. The molecule has 3 heterocycles. The first kappa shape index (κ1) is 21.5. The van der Waals surface area contributed by atoms with E-state index >= 15 is 0 Å². The maximum Gasteiger partial charge on any atom is 0.308 e. The van der Waals surface area contributed by atoms with Crippen molar-refractivity contribution in [3.05, 3.63) is 59.6 Å². The predicted octanol–water partition coefficient (Wildman–Crippen LogP) is 4.72. The Balaban J connectivity index is 1.56. The zero-order valence-corrected chi connectivity index (χ0v) is 18.4. The monoisotopic (exact) mass is 470 g/mol. The first-order chi connectivity index (χ1) is 15.4. The zero-order valence-electron chi connectivity index (χ0n) is 16.8. The summed E-state index contributed by atoms with van der Waals surface area (Å²) < 4.78 is 16.9. The lowest BCUT2D eigenvalue weighted by atomic mass is 10.3. The molecular formula is C21H15ClN4O5S. The molecule has 9 nitrogen and oxygen atoms in total. The van der Waals surface area contributed by atoms with E-state index in [1.54, 1.807) is 30.3 Å². The van der Waals surface area contributed by atoms with Crippen LogP contribution in [0.25, 0.3) is 10.2 Å². The molecule has 0 radical (unpaired) electrons. The van der Waals surface area contributed by atoms with Crippen molar-refractivity contribution in [1.29, 1.82) is 0 Å². The minimum absolute atomic E-state index is 0.0617. The highest BCUT2D eigenvalue weighted by Gasteiger charge is 2.21. The van der Waals surface area contributed by atoms with Gasteiger partial charge in [0.25, 0.3) is 5.91 Å². The van der Waals surface area contributed by atoms with Crippen molar-refractivity contribution in [2.24, 2.45) is 0 Å². The molecule has 0 unspecified atom stereocenters. The van der Waals surface area contributed by atoms with Crippen molar-refractivity contribution < 1.29 is 23.8 Å². The summed E-state index contributed by atoms with van der Waals surface area (Å²) in [5.74, 6) is 0.0665. The van der Waals surface area contributed by atoms with E-state index in [2.05, 4.69) is 20.3 Å². The standard InChI is InChI=1S/C21H15ClN4O5S/c1-11(27)30-19-15(29-2)7-8-23-18(19)20(28)26-21-25-14-5-3-12(9-16(14)32-21)31-13-4-6-17(22)24-10-13/h3-10H,1-2H3,(H,25,26,28). The number of aromatic nitrogens is 3. The number of halogens is 1. The summed E-state index contributed by atoms with van der Waals surface area (Å²) >= 11 is 7.04. The molecule has 1 aromatic carbocycles. The Hall–Kier alpha value is -3.76. The number of hydrogen-bond donors (Lipinski definition) is 1. The number of fused-ring (bicyclic) bond motifs is 1. The Morgan fingerprint density at radius 2 is 1.91 bits per heavy atom. The maximum absolute atomic E-state index is 12.8. The van der Waals surface area contributed by atoms with E-state index < -0.39 is 11.9 Å². The van der Waals surface area contributed by atoms with E-state index in [0.717, 1.165) is 4.70 Å². The maximum atomic E-state index is 12.8. The van der Waals surface area contributed by atoms with Crippen LogP contribution in [0.3, 0.4) is 0 Å². The van der Waals surface area contributed by atoms with Gasteiger partial charge in [0.2, 0.25) is 5.75 Å². The third-order valence-electron chi connectivity index (χ3n) is 4.07. The van der Waals surface area contributed by atoms with Gasteiger partial charge in [-0.3, -0.25) is 14.9 Å². The average molecular weight is 471 g/mol. The molecule has 4 aromatic rings. The first-order valence-corrected chi connectivity index (χ1v) is 10.3. The fourth-order valence-electron chi connectivity index (χ4n) is 2.73. The highest BCUT2D eigenvalue weighted by molar-refractivity contribution is 7.22. The number of anilines is 1. The lowest BCUT2D eigenvalue weighted by molar-refractivity contribution is -0.132. The molecule has 0 saturated carbocycles. The second-order valence-corrected chi connectivity index (χ2v) is 7.72. The Morgan fingerprint density at radius 3 is 2.62 bits per heavy atom. The van der Waals surface area contributed by atoms with E-state index in [0.29, 0.717) is 27.3 Å². The number of nitrogens with zero attached hydrogens (tertiary/aromatic N) is 3. The summed E-state index contributed by atoms with van der Waals surface area (Å²) in [6, 6.07) is 10.2. The Kier molecular flexibility index (Phi) is 6.15. The summed E-state index contributed by atoms with van der Waals surface area (Å²) in [7, 11) is 1.40. The minimum Gasteiger partial charge on any atom is -0.493 e. The van der Waals surface area contributed by atoms with Gasteiger partial charge in [-0.05, 0) is 24.3 Å². The second kappa shape index (κ2) is 9.16. The molecule has 162 valence electrons. The molecule has 0 atom stereocenters. The van der Waals surface area contributed by atoms with Crippen molar-refractivity contribution in [3.63, 3.8) is 0 Å². The number of methoxy groups -OCH3 is 1. The number of rotatable bonds is 6. The smallest absolute Gasteiger partial charge is 0.308 e. The van der Waals surface area contributed by atoms with Gasteiger partial charge in [-0.15, -0.1) is 0 Å². The summed E-state index contributed by atoms with van der Waals surface area (Å²) in [6.45, 7) is 1.22. The zero-order chi connectivity index (χ0) is 22.7. The van der Waals surface area contributed by atoms with E-state index in [9.17, 15) is 9.59 Å². The predicted molar refractivity (Wildman–Crippen MR) is 119 cm³/mol. The number of pyridine rings is 2. The molecule has 0 aliphatic carbocycles. The fourth-order valence-corrected chi connectivity index (χ4v) is 3.73. The molecule has 1 N–H and O–H groups in total.